The van der Waals surface area contributed by atoms with E-state index in [1.807, 2.05) is 0 Å². The number of ketones is 4. The van der Waals surface area contributed by atoms with E-state index >= 15 is 0 Å². The van der Waals surface area contributed by atoms with Gasteiger partial charge in [0.15, 0.2) is 0 Å². The van der Waals surface area contributed by atoms with E-state index in [1.165, 1.54) is 12.1 Å². The third-order valence-corrected chi connectivity index (χ3v) is 4.02. The maximum Gasteiger partial charge on any atom is 0.207 e. The van der Waals surface area contributed by atoms with Gasteiger partial charge in [0.1, 0.15) is 17.5 Å². The summed E-state index contributed by atoms with van der Waals surface area (Å²) in [5.74, 6) is -4.29. The molecule has 0 aliphatic heterocycles. The normalized spacial score (nSPS) is 22.2. The summed E-state index contributed by atoms with van der Waals surface area (Å²) in [7, 11) is 0. The van der Waals surface area contributed by atoms with Crippen LogP contribution in [0.5, 0.6) is 0 Å². The summed E-state index contributed by atoms with van der Waals surface area (Å²) in [5, 5.41) is 10.6. The molecule has 5 heteroatoms. The number of fused-ring (bicyclic) bond motifs is 1. The third kappa shape index (κ3) is 1.47. The molecule has 0 atom stereocenters. The summed E-state index contributed by atoms with van der Waals surface area (Å²) < 4.78 is 0. The minimum Gasteiger partial charge on any atom is -0.373 e. The van der Waals surface area contributed by atoms with E-state index in [0.29, 0.717) is 6.42 Å². The summed E-state index contributed by atoms with van der Waals surface area (Å²) in [6, 6.07) is 5.98. The number of carbonyl (C=O) groups is 4. The van der Waals surface area contributed by atoms with E-state index in [9.17, 15) is 24.3 Å². The van der Waals surface area contributed by atoms with Crippen molar-refractivity contribution < 1.29 is 24.3 Å². The average Bonchev–Trinajstić information content (AvgIpc) is 2.62. The Labute approximate surface area is 114 Å². The number of carbonyl (C=O) groups excluding carboxylic acids is 4. The monoisotopic (exact) mass is 272 g/mol. The number of hydrogen-bond donors (Lipinski definition) is 1. The van der Waals surface area contributed by atoms with Crippen LogP contribution in [0.2, 0.25) is 0 Å². The molecule has 2 aliphatic rings. The first-order chi connectivity index (χ1) is 9.48. The standard InChI is InChI=1S/C15H12O5/c16-10-6-3-7-11(17)12(10)15(20)13(18)8-4-1-2-5-9(8)14(15)19/h1-2,4-5,12,20H,3,6-7H2. The number of aliphatic hydroxyl groups is 1. The quantitative estimate of drug-likeness (QED) is 0.761. The molecule has 1 aromatic carbocycles. The van der Waals surface area contributed by atoms with Crippen LogP contribution in [0.3, 0.4) is 0 Å². The van der Waals surface area contributed by atoms with Crippen LogP contribution in [0, 0.1) is 5.92 Å². The summed E-state index contributed by atoms with van der Waals surface area (Å²) in [5.41, 5.74) is -2.39. The van der Waals surface area contributed by atoms with Gasteiger partial charge in [-0.25, -0.2) is 0 Å². The molecule has 0 amide bonds. The Bertz CT molecular complexity index is 607. The average molecular weight is 272 g/mol. The van der Waals surface area contributed by atoms with Gasteiger partial charge in [0.05, 0.1) is 0 Å². The van der Waals surface area contributed by atoms with Crippen molar-refractivity contribution in [2.45, 2.75) is 24.9 Å². The lowest BCUT2D eigenvalue weighted by molar-refractivity contribution is -0.142. The van der Waals surface area contributed by atoms with Gasteiger partial charge in [-0.15, -0.1) is 0 Å². The van der Waals surface area contributed by atoms with E-state index in [4.69, 9.17) is 0 Å². The highest BCUT2D eigenvalue weighted by Crippen LogP contribution is 2.38. The van der Waals surface area contributed by atoms with Crippen LogP contribution in [0.1, 0.15) is 40.0 Å². The van der Waals surface area contributed by atoms with Gasteiger partial charge in [0, 0.05) is 24.0 Å². The van der Waals surface area contributed by atoms with Crippen molar-refractivity contribution in [2.75, 3.05) is 0 Å². The second-order valence-electron chi connectivity index (χ2n) is 5.19. The highest BCUT2D eigenvalue weighted by atomic mass is 16.3. The van der Waals surface area contributed by atoms with Gasteiger partial charge >= 0.3 is 0 Å². The first-order valence-corrected chi connectivity index (χ1v) is 6.44. The first-order valence-electron chi connectivity index (χ1n) is 6.44. The van der Waals surface area contributed by atoms with Gasteiger partial charge in [-0.3, -0.25) is 19.2 Å². The zero-order valence-electron chi connectivity index (χ0n) is 10.6. The SMILES string of the molecule is O=C1CCCC(=O)C1C1(O)C(=O)c2ccccc2C1=O. The van der Waals surface area contributed by atoms with Gasteiger partial charge in [-0.2, -0.15) is 0 Å². The van der Waals surface area contributed by atoms with Crippen molar-refractivity contribution in [1.29, 1.82) is 0 Å². The lowest BCUT2D eigenvalue weighted by atomic mass is 9.72. The van der Waals surface area contributed by atoms with Gasteiger partial charge in [-0.05, 0) is 6.42 Å². The van der Waals surface area contributed by atoms with Gasteiger partial charge in [0.2, 0.25) is 17.2 Å². The van der Waals surface area contributed by atoms with E-state index in [-0.39, 0.29) is 24.0 Å². The summed E-state index contributed by atoms with van der Waals surface area (Å²) in [4.78, 5) is 48.6. The molecule has 0 aromatic heterocycles. The lowest BCUT2D eigenvalue weighted by Crippen LogP contribution is -2.55. The van der Waals surface area contributed by atoms with Crippen LogP contribution >= 0.6 is 0 Å². The fourth-order valence-electron chi connectivity index (χ4n) is 3.03. The number of rotatable bonds is 1. The number of hydrogen-bond acceptors (Lipinski definition) is 5. The van der Waals surface area contributed by atoms with Gasteiger partial charge in [0.25, 0.3) is 0 Å². The van der Waals surface area contributed by atoms with Crippen LogP contribution in [-0.4, -0.2) is 33.8 Å². The van der Waals surface area contributed by atoms with Gasteiger partial charge in [-0.1, -0.05) is 24.3 Å². The summed E-state index contributed by atoms with van der Waals surface area (Å²) in [6.07, 6.45) is 0.616. The number of benzene rings is 1. The molecule has 20 heavy (non-hydrogen) atoms. The van der Waals surface area contributed by atoms with E-state index in [0.717, 1.165) is 0 Å². The molecule has 0 bridgehead atoms. The Kier molecular flexibility index (Phi) is 2.69. The Morgan fingerprint density at radius 2 is 1.35 bits per heavy atom. The Balaban J connectivity index is 2.14. The molecule has 0 saturated heterocycles. The van der Waals surface area contributed by atoms with Crippen LogP contribution in [0.4, 0.5) is 0 Å². The zero-order chi connectivity index (χ0) is 14.5. The highest BCUT2D eigenvalue weighted by Gasteiger charge is 2.61. The molecule has 1 N–H and O–H groups in total. The van der Waals surface area contributed by atoms with Crippen LogP contribution < -0.4 is 0 Å². The van der Waals surface area contributed by atoms with E-state index in [2.05, 4.69) is 0 Å². The smallest absolute Gasteiger partial charge is 0.207 e. The molecule has 0 unspecified atom stereocenters. The fraction of sp³-hybridized carbons (Fsp3) is 0.333. The van der Waals surface area contributed by atoms with Crippen molar-refractivity contribution in [3.05, 3.63) is 35.4 Å². The maximum atomic E-state index is 12.3. The molecule has 2 aliphatic carbocycles. The van der Waals surface area contributed by atoms with Crippen molar-refractivity contribution in [2.24, 2.45) is 5.92 Å². The van der Waals surface area contributed by atoms with Crippen molar-refractivity contribution in [3.8, 4) is 0 Å². The molecule has 102 valence electrons. The second-order valence-corrected chi connectivity index (χ2v) is 5.19. The Morgan fingerprint density at radius 3 is 1.80 bits per heavy atom. The molecule has 0 spiro atoms. The predicted molar refractivity (Wildman–Crippen MR) is 67.4 cm³/mol. The molecular weight excluding hydrogens is 260 g/mol. The first kappa shape index (κ1) is 12.9. The third-order valence-electron chi connectivity index (χ3n) is 4.02. The number of Topliss-reactive ketones (excluding diaryl/α,β-unsaturated/α-hetero) is 4. The van der Waals surface area contributed by atoms with Crippen LogP contribution in [-0.2, 0) is 9.59 Å². The minimum absolute atomic E-state index is 0.0752. The summed E-state index contributed by atoms with van der Waals surface area (Å²) in [6.45, 7) is 0. The molecular formula is C15H12O5. The Hall–Kier alpha value is -2.14. The lowest BCUT2D eigenvalue weighted by Gasteiger charge is -2.30. The molecule has 0 heterocycles. The van der Waals surface area contributed by atoms with Crippen LogP contribution in [0.25, 0.3) is 0 Å². The molecule has 0 radical (unpaired) electrons. The van der Waals surface area contributed by atoms with Crippen LogP contribution in [0.15, 0.2) is 24.3 Å². The molecule has 1 saturated carbocycles. The maximum absolute atomic E-state index is 12.3. The Morgan fingerprint density at radius 1 is 0.900 bits per heavy atom. The topological polar surface area (TPSA) is 88.5 Å². The fourth-order valence-corrected chi connectivity index (χ4v) is 3.03. The molecule has 5 nitrogen and oxygen atoms in total. The second kappa shape index (κ2) is 4.18. The largest absolute Gasteiger partial charge is 0.373 e. The summed E-state index contributed by atoms with van der Waals surface area (Å²) >= 11 is 0. The van der Waals surface area contributed by atoms with Crippen molar-refractivity contribution in [3.63, 3.8) is 0 Å². The highest BCUT2D eigenvalue weighted by molar-refractivity contribution is 6.35. The molecule has 1 fully saturated rings. The molecule has 3 rings (SSSR count). The minimum atomic E-state index is -2.54. The van der Waals surface area contributed by atoms with E-state index in [1.54, 1.807) is 12.1 Å². The van der Waals surface area contributed by atoms with Gasteiger partial charge < -0.3 is 5.11 Å². The van der Waals surface area contributed by atoms with Crippen molar-refractivity contribution >= 4 is 23.1 Å². The predicted octanol–water partition coefficient (Wildman–Crippen LogP) is 0.735. The molecule has 1 aromatic rings. The van der Waals surface area contributed by atoms with E-state index < -0.39 is 34.7 Å². The van der Waals surface area contributed by atoms with Crippen molar-refractivity contribution in [1.82, 2.24) is 0 Å². The zero-order valence-corrected chi connectivity index (χ0v) is 10.6.